The summed E-state index contributed by atoms with van der Waals surface area (Å²) in [6.45, 7) is 2.73. The topological polar surface area (TPSA) is 54.8 Å². The van der Waals surface area contributed by atoms with Crippen LogP contribution in [0.25, 0.3) is 0 Å². The van der Waals surface area contributed by atoms with E-state index in [2.05, 4.69) is 23.1 Å². The number of aromatic nitrogens is 1. The molecule has 5 rings (SSSR count). The lowest BCUT2D eigenvalue weighted by atomic mass is 9.71. The molecule has 3 aliphatic heterocycles. The number of carbonyl (C=O) groups excluding carboxylic acids is 1. The molecule has 3 fully saturated rings. The smallest absolute Gasteiger partial charge is 0.254 e. The molecule has 0 radical (unpaired) electrons. The molecule has 4 heterocycles. The van der Waals surface area contributed by atoms with Crippen molar-refractivity contribution in [3.8, 4) is 5.75 Å². The highest BCUT2D eigenvalue weighted by Gasteiger charge is 2.47. The van der Waals surface area contributed by atoms with E-state index in [9.17, 15) is 9.59 Å². The maximum absolute atomic E-state index is 13.4. The number of rotatable bonds is 4. The van der Waals surface area contributed by atoms with Crippen molar-refractivity contribution in [2.75, 3.05) is 26.7 Å². The molecule has 4 atom stereocenters. The van der Waals surface area contributed by atoms with Crippen molar-refractivity contribution >= 4 is 5.91 Å². The van der Waals surface area contributed by atoms with Crippen LogP contribution in [0.1, 0.15) is 41.6 Å². The second-order valence-corrected chi connectivity index (χ2v) is 9.75. The van der Waals surface area contributed by atoms with Crippen LogP contribution in [0.5, 0.6) is 5.75 Å². The van der Waals surface area contributed by atoms with Crippen molar-refractivity contribution in [1.29, 1.82) is 0 Å². The predicted octanol–water partition coefficient (Wildman–Crippen LogP) is 2.95. The van der Waals surface area contributed by atoms with Gasteiger partial charge in [-0.2, -0.15) is 0 Å². The summed E-state index contributed by atoms with van der Waals surface area (Å²) in [6.07, 6.45) is 7.63. The largest absolute Gasteiger partial charge is 0.497 e. The molecule has 6 nitrogen and oxygen atoms in total. The van der Waals surface area contributed by atoms with Crippen LogP contribution in [0.3, 0.4) is 0 Å². The number of hydrogen-bond acceptors (Lipinski definition) is 4. The molecule has 0 saturated carbocycles. The molecule has 1 aromatic heterocycles. The minimum Gasteiger partial charge on any atom is -0.497 e. The Balaban J connectivity index is 1.41. The van der Waals surface area contributed by atoms with Crippen LogP contribution >= 0.6 is 0 Å². The number of carbonyl (C=O) groups is 1. The molecule has 1 amide bonds. The third-order valence-corrected chi connectivity index (χ3v) is 7.84. The molecular formula is C26H33N3O3. The molecule has 32 heavy (non-hydrogen) atoms. The number of ether oxygens (including phenoxy) is 1. The van der Waals surface area contributed by atoms with Gasteiger partial charge in [0.05, 0.1) is 7.11 Å². The third kappa shape index (κ3) is 3.96. The van der Waals surface area contributed by atoms with E-state index >= 15 is 0 Å². The number of hydrogen-bond donors (Lipinski definition) is 0. The molecule has 0 unspecified atom stereocenters. The van der Waals surface area contributed by atoms with Gasteiger partial charge < -0.3 is 14.2 Å². The van der Waals surface area contributed by atoms with Crippen LogP contribution in [0, 0.1) is 11.8 Å². The van der Waals surface area contributed by atoms with Gasteiger partial charge in [0.1, 0.15) is 5.75 Å². The summed E-state index contributed by atoms with van der Waals surface area (Å²) in [6, 6.07) is 12.6. The Hall–Kier alpha value is -2.60. The fourth-order valence-electron chi connectivity index (χ4n) is 6.26. The summed E-state index contributed by atoms with van der Waals surface area (Å²) >= 11 is 0. The van der Waals surface area contributed by atoms with E-state index in [1.54, 1.807) is 26.4 Å². The molecule has 0 aliphatic carbocycles. The van der Waals surface area contributed by atoms with Gasteiger partial charge in [0.15, 0.2) is 0 Å². The average Bonchev–Trinajstić information content (AvgIpc) is 2.83. The Kier molecular flexibility index (Phi) is 5.80. The lowest BCUT2D eigenvalue weighted by molar-refractivity contribution is -0.0642. The molecule has 170 valence electrons. The van der Waals surface area contributed by atoms with Crippen LogP contribution in [-0.2, 0) is 13.5 Å². The summed E-state index contributed by atoms with van der Waals surface area (Å²) in [5.74, 6) is 1.87. The van der Waals surface area contributed by atoms with Gasteiger partial charge in [-0.25, -0.2) is 0 Å². The molecular weight excluding hydrogens is 402 g/mol. The van der Waals surface area contributed by atoms with Crippen LogP contribution in [0.4, 0.5) is 0 Å². The lowest BCUT2D eigenvalue weighted by Gasteiger charge is -2.57. The number of aryl methyl sites for hydroxylation is 1. The van der Waals surface area contributed by atoms with Crippen LogP contribution in [0.15, 0.2) is 47.4 Å². The Morgan fingerprint density at radius 3 is 2.78 bits per heavy atom. The highest BCUT2D eigenvalue weighted by atomic mass is 16.5. The van der Waals surface area contributed by atoms with Gasteiger partial charge >= 0.3 is 0 Å². The molecule has 2 bridgehead atoms. The second kappa shape index (κ2) is 8.74. The fraction of sp³-hybridized carbons (Fsp3) is 0.538. The van der Waals surface area contributed by atoms with E-state index < -0.39 is 0 Å². The molecule has 6 heteroatoms. The van der Waals surface area contributed by atoms with Crippen molar-refractivity contribution < 1.29 is 9.53 Å². The maximum atomic E-state index is 13.4. The van der Waals surface area contributed by atoms with Gasteiger partial charge in [0.25, 0.3) is 11.5 Å². The monoisotopic (exact) mass is 435 g/mol. The Morgan fingerprint density at radius 2 is 1.97 bits per heavy atom. The molecule has 0 spiro atoms. The zero-order valence-electron chi connectivity index (χ0n) is 19.1. The summed E-state index contributed by atoms with van der Waals surface area (Å²) in [5.41, 5.74) is 1.67. The molecule has 2 aromatic rings. The molecule has 3 aliphatic rings. The highest BCUT2D eigenvalue weighted by molar-refractivity contribution is 5.94. The Bertz CT molecular complexity index is 1050. The van der Waals surface area contributed by atoms with Gasteiger partial charge in [-0.15, -0.1) is 0 Å². The van der Waals surface area contributed by atoms with Gasteiger partial charge in [-0.3, -0.25) is 14.5 Å². The predicted molar refractivity (Wildman–Crippen MR) is 124 cm³/mol. The van der Waals surface area contributed by atoms with E-state index in [4.69, 9.17) is 4.74 Å². The number of amides is 1. The van der Waals surface area contributed by atoms with Crippen LogP contribution in [-0.4, -0.2) is 59.1 Å². The van der Waals surface area contributed by atoms with Crippen molar-refractivity contribution in [1.82, 2.24) is 14.4 Å². The van der Waals surface area contributed by atoms with Crippen molar-refractivity contribution in [2.45, 2.75) is 44.2 Å². The highest BCUT2D eigenvalue weighted by Crippen LogP contribution is 2.42. The summed E-state index contributed by atoms with van der Waals surface area (Å²) in [7, 11) is 3.43. The van der Waals surface area contributed by atoms with Gasteiger partial charge in [0, 0.05) is 50.0 Å². The first kappa shape index (κ1) is 21.3. The Morgan fingerprint density at radius 1 is 1.12 bits per heavy atom. The lowest BCUT2D eigenvalue weighted by Crippen LogP contribution is -2.64. The minimum atomic E-state index is -0.137. The van der Waals surface area contributed by atoms with Crippen LogP contribution < -0.4 is 10.3 Å². The molecule has 0 N–H and O–H groups in total. The number of pyridine rings is 1. The van der Waals surface area contributed by atoms with Crippen molar-refractivity contribution in [3.63, 3.8) is 0 Å². The number of methoxy groups -OCH3 is 1. The third-order valence-electron chi connectivity index (χ3n) is 7.84. The van der Waals surface area contributed by atoms with E-state index in [-0.39, 0.29) is 11.5 Å². The summed E-state index contributed by atoms with van der Waals surface area (Å²) in [5, 5.41) is 0. The van der Waals surface area contributed by atoms with E-state index in [1.165, 1.54) is 41.9 Å². The van der Waals surface area contributed by atoms with E-state index in [0.29, 0.717) is 29.5 Å². The van der Waals surface area contributed by atoms with E-state index in [0.717, 1.165) is 31.8 Å². The zero-order valence-corrected chi connectivity index (χ0v) is 19.1. The number of benzene rings is 1. The molecule has 3 saturated heterocycles. The minimum absolute atomic E-state index is 0.00166. The first-order valence-electron chi connectivity index (χ1n) is 11.9. The number of likely N-dealkylation sites (tertiary alicyclic amines) is 1. The second-order valence-electron chi connectivity index (χ2n) is 9.75. The first-order valence-corrected chi connectivity index (χ1v) is 11.9. The molecule has 1 aromatic carbocycles. The quantitative estimate of drug-likeness (QED) is 0.741. The number of nitrogens with zero attached hydrogens (tertiary/aromatic N) is 3. The normalized spacial score (nSPS) is 27.6. The summed E-state index contributed by atoms with van der Waals surface area (Å²) in [4.78, 5) is 30.2. The van der Waals surface area contributed by atoms with Crippen molar-refractivity contribution in [3.05, 3.63) is 64.1 Å². The Labute approximate surface area is 189 Å². The SMILES string of the molecule is COc1cccc(C[C@H]2[C@H]3C[C@H](CN(C(=O)c4ccn(C)c(=O)c4)C3)[C@@H]3CCCCN32)c1. The van der Waals surface area contributed by atoms with Gasteiger partial charge in [0.2, 0.25) is 0 Å². The maximum Gasteiger partial charge on any atom is 0.254 e. The number of fused-ring (bicyclic) bond motifs is 4. The van der Waals surface area contributed by atoms with Gasteiger partial charge in [-0.05, 0) is 67.8 Å². The van der Waals surface area contributed by atoms with E-state index in [1.807, 2.05) is 11.0 Å². The van der Waals surface area contributed by atoms with Gasteiger partial charge in [-0.1, -0.05) is 18.6 Å². The zero-order chi connectivity index (χ0) is 22.2. The average molecular weight is 436 g/mol. The van der Waals surface area contributed by atoms with Crippen molar-refractivity contribution in [2.24, 2.45) is 18.9 Å². The fourth-order valence-corrected chi connectivity index (χ4v) is 6.26. The standard InChI is InChI=1S/C26H33N3O3/c1-27-11-9-19(15-25(27)30)26(31)28-16-20-14-21(17-28)24(29-10-4-3-8-23(20)29)13-18-6-5-7-22(12-18)32-2/h5-7,9,11-12,15,20-21,23-24H,3-4,8,10,13-14,16-17H2,1-2H3/t20-,21+,23+,24+/m1/s1. The number of piperidine rings is 3. The van der Waals surface area contributed by atoms with Crippen LogP contribution in [0.2, 0.25) is 0 Å². The summed E-state index contributed by atoms with van der Waals surface area (Å²) < 4.78 is 6.96. The first-order chi connectivity index (χ1) is 15.5.